The SMILES string of the molecule is CCS(=O)(=O)NC1CCCc2c(-c3cc4c(cc3F)N(C)C(=O)CC4)cncc21.[HH]. The molecule has 1 aromatic heterocycles. The summed E-state index contributed by atoms with van der Waals surface area (Å²) in [5.41, 5.74) is 4.44. The lowest BCUT2D eigenvalue weighted by molar-refractivity contribution is -0.118. The van der Waals surface area contributed by atoms with E-state index in [4.69, 9.17) is 0 Å². The Morgan fingerprint density at radius 3 is 2.79 bits per heavy atom. The lowest BCUT2D eigenvalue weighted by Gasteiger charge is -2.29. The number of carbonyl (C=O) groups excluding carboxylic acids is 1. The van der Waals surface area contributed by atoms with Crippen LogP contribution in [0.15, 0.2) is 24.5 Å². The highest BCUT2D eigenvalue weighted by Gasteiger charge is 2.28. The third-order valence-electron chi connectivity index (χ3n) is 5.89. The molecule has 29 heavy (non-hydrogen) atoms. The van der Waals surface area contributed by atoms with Crippen LogP contribution in [0, 0.1) is 5.82 Å². The molecule has 4 rings (SSSR count). The molecule has 1 aliphatic heterocycles. The fourth-order valence-electron chi connectivity index (χ4n) is 4.25. The minimum atomic E-state index is -3.36. The standard InChI is InChI=1S/C21H24FN3O3S.H2/c1-3-29(27,28)24-19-6-4-5-14-16(11-23-12-17(14)19)15-9-13-7-8-21(26)25(2)20(13)10-18(15)22;/h9-12,19,24H,3-8H2,1-2H3;1H. The second-order valence-electron chi connectivity index (χ2n) is 7.63. The van der Waals surface area contributed by atoms with Gasteiger partial charge in [-0.25, -0.2) is 17.5 Å². The Balaban J connectivity index is 0.00000256. The smallest absolute Gasteiger partial charge is 0.227 e. The van der Waals surface area contributed by atoms with Crippen molar-refractivity contribution in [3.8, 4) is 11.1 Å². The topological polar surface area (TPSA) is 79.4 Å². The second-order valence-corrected chi connectivity index (χ2v) is 9.68. The molecule has 2 heterocycles. The van der Waals surface area contributed by atoms with E-state index in [9.17, 15) is 13.2 Å². The highest BCUT2D eigenvalue weighted by atomic mass is 32.2. The van der Waals surface area contributed by atoms with Gasteiger partial charge >= 0.3 is 0 Å². The number of sulfonamides is 1. The van der Waals surface area contributed by atoms with E-state index < -0.39 is 15.8 Å². The van der Waals surface area contributed by atoms with Crippen LogP contribution >= 0.6 is 0 Å². The molecule has 0 saturated heterocycles. The van der Waals surface area contributed by atoms with Gasteiger partial charge in [0.05, 0.1) is 5.75 Å². The van der Waals surface area contributed by atoms with Crippen LogP contribution in [-0.2, 0) is 27.7 Å². The number of anilines is 1. The van der Waals surface area contributed by atoms with Gasteiger partial charge in [-0.2, -0.15) is 0 Å². The van der Waals surface area contributed by atoms with E-state index in [0.717, 1.165) is 29.5 Å². The van der Waals surface area contributed by atoms with E-state index in [-0.39, 0.29) is 19.1 Å². The highest BCUT2D eigenvalue weighted by Crippen LogP contribution is 2.39. The van der Waals surface area contributed by atoms with Crippen LogP contribution in [0.5, 0.6) is 0 Å². The fourth-order valence-corrected chi connectivity index (χ4v) is 5.09. The molecule has 0 fully saturated rings. The average Bonchev–Trinajstić information content (AvgIpc) is 2.71. The summed E-state index contributed by atoms with van der Waals surface area (Å²) in [6.45, 7) is 1.60. The zero-order valence-corrected chi connectivity index (χ0v) is 17.4. The van der Waals surface area contributed by atoms with E-state index in [2.05, 4.69) is 9.71 Å². The molecule has 1 aliphatic carbocycles. The first-order chi connectivity index (χ1) is 13.8. The molecule has 1 unspecified atom stereocenters. The molecule has 2 aromatic rings. The van der Waals surface area contributed by atoms with Gasteiger partial charge in [0.1, 0.15) is 5.82 Å². The van der Waals surface area contributed by atoms with Crippen molar-refractivity contribution >= 4 is 21.6 Å². The van der Waals surface area contributed by atoms with Crippen LogP contribution in [0.1, 0.15) is 50.3 Å². The molecule has 1 N–H and O–H groups in total. The summed E-state index contributed by atoms with van der Waals surface area (Å²) >= 11 is 0. The minimum absolute atomic E-state index is 0. The monoisotopic (exact) mass is 419 g/mol. The number of rotatable bonds is 4. The number of pyridine rings is 1. The van der Waals surface area contributed by atoms with E-state index >= 15 is 4.39 Å². The Labute approximate surface area is 171 Å². The first kappa shape index (κ1) is 20.0. The molecular weight excluding hydrogens is 393 g/mol. The van der Waals surface area contributed by atoms with Crippen molar-refractivity contribution in [1.82, 2.24) is 9.71 Å². The Morgan fingerprint density at radius 2 is 2.03 bits per heavy atom. The van der Waals surface area contributed by atoms with Crippen molar-refractivity contribution in [1.29, 1.82) is 0 Å². The van der Waals surface area contributed by atoms with Crippen molar-refractivity contribution in [2.24, 2.45) is 0 Å². The molecule has 0 spiro atoms. The van der Waals surface area contributed by atoms with E-state index in [0.29, 0.717) is 36.1 Å². The third kappa shape index (κ3) is 3.67. The van der Waals surface area contributed by atoms with Crippen molar-refractivity contribution in [3.05, 3.63) is 47.0 Å². The molecule has 6 nitrogen and oxygen atoms in total. The maximum absolute atomic E-state index is 15.1. The largest absolute Gasteiger partial charge is 0.315 e. The molecule has 1 amide bonds. The van der Waals surface area contributed by atoms with Gasteiger partial charge in [-0.15, -0.1) is 0 Å². The van der Waals surface area contributed by atoms with Crippen molar-refractivity contribution in [3.63, 3.8) is 0 Å². The van der Waals surface area contributed by atoms with Gasteiger partial charge in [0.15, 0.2) is 0 Å². The van der Waals surface area contributed by atoms with Crippen molar-refractivity contribution < 1.29 is 19.0 Å². The Kier molecular flexibility index (Phi) is 5.16. The van der Waals surface area contributed by atoms with Gasteiger partial charge in [-0.3, -0.25) is 9.78 Å². The number of nitrogens with one attached hydrogen (secondary N) is 1. The lowest BCUT2D eigenvalue weighted by Crippen LogP contribution is -2.32. The fraction of sp³-hybridized carbons (Fsp3) is 0.429. The summed E-state index contributed by atoms with van der Waals surface area (Å²) in [6.07, 6.45) is 6.56. The minimum Gasteiger partial charge on any atom is -0.315 e. The molecule has 0 bridgehead atoms. The normalized spacial score (nSPS) is 19.1. The van der Waals surface area contributed by atoms with E-state index in [1.807, 2.05) is 6.07 Å². The number of aromatic nitrogens is 1. The van der Waals surface area contributed by atoms with Crippen LogP contribution in [0.25, 0.3) is 11.1 Å². The summed E-state index contributed by atoms with van der Waals surface area (Å²) in [5, 5.41) is 0. The van der Waals surface area contributed by atoms with Crippen molar-refractivity contribution in [2.75, 3.05) is 17.7 Å². The zero-order chi connectivity index (χ0) is 20.8. The quantitative estimate of drug-likeness (QED) is 0.824. The molecule has 1 atom stereocenters. The van der Waals surface area contributed by atoms with Gasteiger partial charge in [0, 0.05) is 50.1 Å². The predicted molar refractivity (Wildman–Crippen MR) is 112 cm³/mol. The first-order valence-electron chi connectivity index (χ1n) is 9.87. The van der Waals surface area contributed by atoms with Crippen LogP contribution in [-0.4, -0.2) is 32.1 Å². The number of benzene rings is 1. The Hall–Kier alpha value is -2.32. The molecule has 2 aliphatic rings. The molecule has 0 saturated carbocycles. The van der Waals surface area contributed by atoms with Gasteiger partial charge in [0.2, 0.25) is 15.9 Å². The van der Waals surface area contributed by atoms with E-state index in [1.54, 1.807) is 26.4 Å². The summed E-state index contributed by atoms with van der Waals surface area (Å²) in [5.74, 6) is -0.413. The Morgan fingerprint density at radius 1 is 1.24 bits per heavy atom. The second kappa shape index (κ2) is 7.50. The summed E-state index contributed by atoms with van der Waals surface area (Å²) in [4.78, 5) is 17.7. The molecule has 0 radical (unpaired) electrons. The maximum Gasteiger partial charge on any atom is 0.227 e. The van der Waals surface area contributed by atoms with Crippen LogP contribution < -0.4 is 9.62 Å². The lowest BCUT2D eigenvalue weighted by atomic mass is 9.84. The number of amides is 1. The summed E-state index contributed by atoms with van der Waals surface area (Å²) in [7, 11) is -1.70. The van der Waals surface area contributed by atoms with Gasteiger partial charge in [-0.1, -0.05) is 0 Å². The molecular formula is C21H26FN3O3S. The predicted octanol–water partition coefficient (Wildman–Crippen LogP) is 3.36. The number of nitrogens with zero attached hydrogens (tertiary/aromatic N) is 2. The first-order valence-corrected chi connectivity index (χ1v) is 11.5. The molecule has 156 valence electrons. The van der Waals surface area contributed by atoms with Gasteiger partial charge in [0.25, 0.3) is 0 Å². The average molecular weight is 420 g/mol. The number of hydrogen-bond donors (Lipinski definition) is 1. The molecule has 1 aromatic carbocycles. The van der Waals surface area contributed by atoms with Gasteiger partial charge in [-0.05, 0) is 61.4 Å². The maximum atomic E-state index is 15.1. The number of fused-ring (bicyclic) bond motifs is 2. The van der Waals surface area contributed by atoms with E-state index in [1.165, 1.54) is 11.0 Å². The van der Waals surface area contributed by atoms with Gasteiger partial charge < -0.3 is 4.90 Å². The van der Waals surface area contributed by atoms with Crippen molar-refractivity contribution in [2.45, 2.75) is 45.1 Å². The highest BCUT2D eigenvalue weighted by molar-refractivity contribution is 7.89. The van der Waals surface area contributed by atoms with Crippen LogP contribution in [0.2, 0.25) is 0 Å². The third-order valence-corrected chi connectivity index (χ3v) is 7.29. The summed E-state index contributed by atoms with van der Waals surface area (Å²) in [6, 6.07) is 2.88. The zero-order valence-electron chi connectivity index (χ0n) is 16.5. The number of hydrogen-bond acceptors (Lipinski definition) is 4. The number of halogens is 1. The Bertz CT molecular complexity index is 1090. The van der Waals surface area contributed by atoms with Crippen LogP contribution in [0.3, 0.4) is 0 Å². The number of carbonyl (C=O) groups is 1. The van der Waals surface area contributed by atoms with Crippen LogP contribution in [0.4, 0.5) is 10.1 Å². The number of aryl methyl sites for hydroxylation is 1. The summed E-state index contributed by atoms with van der Waals surface area (Å²) < 4.78 is 42.0. The molecule has 8 heteroatoms.